The molecule has 0 aliphatic carbocycles. The Bertz CT molecular complexity index is 456. The first-order valence-corrected chi connectivity index (χ1v) is 9.35. The Morgan fingerprint density at radius 2 is 1.56 bits per heavy atom. The van der Waals surface area contributed by atoms with Crippen LogP contribution >= 0.6 is 0 Å². The lowest BCUT2D eigenvalue weighted by atomic mass is 10.1. The number of rotatable bonds is 15. The molecule has 0 fully saturated rings. The van der Waals surface area contributed by atoms with Gasteiger partial charge in [0.05, 0.1) is 6.10 Å². The van der Waals surface area contributed by atoms with Gasteiger partial charge < -0.3 is 10.2 Å². The Balaban J connectivity index is 3.66. The molecule has 2 N–H and O–H groups in total. The molecule has 0 aromatic rings. The predicted molar refractivity (Wildman–Crippen MR) is 107 cm³/mol. The fraction of sp³-hybridized carbons (Fsp3) is 0.500. The lowest BCUT2D eigenvalue weighted by Gasteiger charge is -1.99. The SMILES string of the molecule is CCCCCC=CCC(O)C=CC=CCC=CCC=CCCC(=O)O. The molecule has 3 heteroatoms. The molecule has 1 atom stereocenters. The Hall–Kier alpha value is -1.87. The normalized spacial score (nSPS) is 14.0. The van der Waals surface area contributed by atoms with Gasteiger partial charge in [-0.1, -0.05) is 80.5 Å². The van der Waals surface area contributed by atoms with Crippen molar-refractivity contribution in [2.75, 3.05) is 0 Å². The van der Waals surface area contributed by atoms with Gasteiger partial charge in [0, 0.05) is 6.42 Å². The van der Waals surface area contributed by atoms with E-state index in [9.17, 15) is 9.90 Å². The monoisotopic (exact) mass is 346 g/mol. The van der Waals surface area contributed by atoms with Gasteiger partial charge in [0.2, 0.25) is 0 Å². The molecule has 0 spiro atoms. The second-order valence-corrected chi connectivity index (χ2v) is 5.93. The Morgan fingerprint density at radius 3 is 2.28 bits per heavy atom. The van der Waals surface area contributed by atoms with E-state index in [4.69, 9.17) is 5.11 Å². The first kappa shape index (κ1) is 23.1. The van der Waals surface area contributed by atoms with Crippen molar-refractivity contribution in [2.45, 2.75) is 70.8 Å². The fourth-order valence-electron chi connectivity index (χ4n) is 2.06. The molecule has 0 saturated heterocycles. The van der Waals surface area contributed by atoms with Gasteiger partial charge in [-0.2, -0.15) is 0 Å². The van der Waals surface area contributed by atoms with E-state index in [1.165, 1.54) is 19.3 Å². The third kappa shape index (κ3) is 20.1. The van der Waals surface area contributed by atoms with Gasteiger partial charge in [-0.25, -0.2) is 0 Å². The van der Waals surface area contributed by atoms with E-state index in [2.05, 4.69) is 31.2 Å². The molecule has 0 aromatic carbocycles. The van der Waals surface area contributed by atoms with Crippen LogP contribution in [0.25, 0.3) is 0 Å². The summed E-state index contributed by atoms with van der Waals surface area (Å²) in [6.07, 6.45) is 27.4. The van der Waals surface area contributed by atoms with E-state index in [1.54, 1.807) is 0 Å². The van der Waals surface area contributed by atoms with Gasteiger partial charge in [0.15, 0.2) is 0 Å². The van der Waals surface area contributed by atoms with Crippen LogP contribution in [0, 0.1) is 0 Å². The summed E-state index contributed by atoms with van der Waals surface area (Å²) in [7, 11) is 0. The van der Waals surface area contributed by atoms with Crippen molar-refractivity contribution in [1.82, 2.24) is 0 Å². The van der Waals surface area contributed by atoms with Crippen molar-refractivity contribution in [3.63, 3.8) is 0 Å². The van der Waals surface area contributed by atoms with E-state index in [1.807, 2.05) is 36.5 Å². The van der Waals surface area contributed by atoms with Gasteiger partial charge in [-0.05, 0) is 38.5 Å². The second-order valence-electron chi connectivity index (χ2n) is 5.93. The van der Waals surface area contributed by atoms with Crippen molar-refractivity contribution in [3.05, 3.63) is 60.8 Å². The number of hydrogen-bond donors (Lipinski definition) is 2. The molecule has 0 aliphatic rings. The molecule has 0 aliphatic heterocycles. The van der Waals surface area contributed by atoms with Crippen LogP contribution in [-0.2, 0) is 4.79 Å². The van der Waals surface area contributed by atoms with Crippen LogP contribution in [0.4, 0.5) is 0 Å². The standard InChI is InChI=1S/C22H34O3/c1-2-3-4-5-12-15-18-21(23)19-16-13-10-8-6-7-9-11-14-17-20-22(24)25/h6-7,10-16,19,21,23H,2-5,8-9,17-18,20H2,1H3,(H,24,25). The first-order chi connectivity index (χ1) is 12.2. The predicted octanol–water partition coefficient (Wildman–Crippen LogP) is 5.74. The van der Waals surface area contributed by atoms with Crippen LogP contribution in [0.5, 0.6) is 0 Å². The van der Waals surface area contributed by atoms with Gasteiger partial charge in [-0.15, -0.1) is 0 Å². The first-order valence-electron chi connectivity index (χ1n) is 9.35. The number of unbranched alkanes of at least 4 members (excludes halogenated alkanes) is 3. The van der Waals surface area contributed by atoms with Gasteiger partial charge in [0.1, 0.15) is 0 Å². The fourth-order valence-corrected chi connectivity index (χ4v) is 2.06. The zero-order valence-corrected chi connectivity index (χ0v) is 15.5. The topological polar surface area (TPSA) is 57.5 Å². The Morgan fingerprint density at radius 1 is 0.880 bits per heavy atom. The Labute approximate surface area is 153 Å². The molecule has 0 bridgehead atoms. The molecular formula is C22H34O3. The Kier molecular flexibility index (Phi) is 17.1. The third-order valence-corrected chi connectivity index (χ3v) is 3.50. The summed E-state index contributed by atoms with van der Waals surface area (Å²) in [6.45, 7) is 2.20. The molecular weight excluding hydrogens is 312 g/mol. The molecule has 0 amide bonds. The number of aliphatic hydroxyl groups excluding tert-OH is 1. The zero-order chi connectivity index (χ0) is 18.6. The molecule has 0 radical (unpaired) electrons. The number of aliphatic hydroxyl groups is 1. The highest BCUT2D eigenvalue weighted by atomic mass is 16.4. The van der Waals surface area contributed by atoms with Crippen LogP contribution in [0.3, 0.4) is 0 Å². The summed E-state index contributed by atoms with van der Waals surface area (Å²) >= 11 is 0. The third-order valence-electron chi connectivity index (χ3n) is 3.50. The summed E-state index contributed by atoms with van der Waals surface area (Å²) in [5, 5.41) is 18.3. The average Bonchev–Trinajstić information content (AvgIpc) is 2.58. The molecule has 1 unspecified atom stereocenters. The highest BCUT2D eigenvalue weighted by molar-refractivity contribution is 5.66. The number of aliphatic carboxylic acids is 1. The largest absolute Gasteiger partial charge is 0.481 e. The van der Waals surface area contributed by atoms with Crippen molar-refractivity contribution in [1.29, 1.82) is 0 Å². The number of carboxylic acid groups (broad SMARTS) is 1. The van der Waals surface area contributed by atoms with E-state index in [0.29, 0.717) is 12.8 Å². The number of carbonyl (C=O) groups is 1. The number of carboxylic acids is 1. The molecule has 3 nitrogen and oxygen atoms in total. The maximum atomic E-state index is 10.3. The summed E-state index contributed by atoms with van der Waals surface area (Å²) in [6, 6.07) is 0. The number of allylic oxidation sites excluding steroid dienone is 8. The lowest BCUT2D eigenvalue weighted by molar-refractivity contribution is -0.136. The molecule has 0 aromatic heterocycles. The minimum Gasteiger partial charge on any atom is -0.481 e. The van der Waals surface area contributed by atoms with E-state index >= 15 is 0 Å². The van der Waals surface area contributed by atoms with Gasteiger partial charge >= 0.3 is 5.97 Å². The molecule has 0 heterocycles. The minimum absolute atomic E-state index is 0.190. The van der Waals surface area contributed by atoms with Crippen LogP contribution in [0.1, 0.15) is 64.7 Å². The van der Waals surface area contributed by atoms with Crippen LogP contribution < -0.4 is 0 Å². The smallest absolute Gasteiger partial charge is 0.303 e. The lowest BCUT2D eigenvalue weighted by Crippen LogP contribution is -1.98. The van der Waals surface area contributed by atoms with Crippen molar-refractivity contribution >= 4 is 5.97 Å². The quantitative estimate of drug-likeness (QED) is 0.226. The van der Waals surface area contributed by atoms with Gasteiger partial charge in [-0.3, -0.25) is 4.79 Å². The molecule has 140 valence electrons. The minimum atomic E-state index is -0.758. The summed E-state index contributed by atoms with van der Waals surface area (Å²) in [5.74, 6) is -0.758. The summed E-state index contributed by atoms with van der Waals surface area (Å²) < 4.78 is 0. The summed E-state index contributed by atoms with van der Waals surface area (Å²) in [4.78, 5) is 10.3. The van der Waals surface area contributed by atoms with Crippen LogP contribution in [-0.4, -0.2) is 22.3 Å². The highest BCUT2D eigenvalue weighted by Crippen LogP contribution is 2.02. The van der Waals surface area contributed by atoms with Crippen molar-refractivity contribution in [2.24, 2.45) is 0 Å². The van der Waals surface area contributed by atoms with Crippen molar-refractivity contribution < 1.29 is 15.0 Å². The second kappa shape index (κ2) is 18.5. The van der Waals surface area contributed by atoms with Crippen LogP contribution in [0.2, 0.25) is 0 Å². The van der Waals surface area contributed by atoms with E-state index < -0.39 is 12.1 Å². The number of hydrogen-bond acceptors (Lipinski definition) is 2. The maximum Gasteiger partial charge on any atom is 0.303 e. The maximum absolute atomic E-state index is 10.3. The molecule has 0 rings (SSSR count). The molecule has 0 saturated carbocycles. The summed E-state index contributed by atoms with van der Waals surface area (Å²) in [5.41, 5.74) is 0. The van der Waals surface area contributed by atoms with Crippen LogP contribution in [0.15, 0.2) is 60.8 Å². The highest BCUT2D eigenvalue weighted by Gasteiger charge is 1.93. The van der Waals surface area contributed by atoms with E-state index in [0.717, 1.165) is 19.3 Å². The van der Waals surface area contributed by atoms with E-state index in [-0.39, 0.29) is 6.42 Å². The van der Waals surface area contributed by atoms with Gasteiger partial charge in [0.25, 0.3) is 0 Å². The van der Waals surface area contributed by atoms with Crippen molar-refractivity contribution in [3.8, 4) is 0 Å². The average molecular weight is 347 g/mol. The zero-order valence-electron chi connectivity index (χ0n) is 15.5. The molecule has 25 heavy (non-hydrogen) atoms.